The van der Waals surface area contributed by atoms with E-state index in [9.17, 15) is 4.79 Å². The quantitative estimate of drug-likeness (QED) is 0.718. The molecule has 1 heterocycles. The smallest absolute Gasteiger partial charge is 0.254 e. The van der Waals surface area contributed by atoms with E-state index in [0.29, 0.717) is 30.4 Å². The van der Waals surface area contributed by atoms with Gasteiger partial charge in [-0.1, -0.05) is 13.8 Å². The zero-order valence-electron chi connectivity index (χ0n) is 11.0. The van der Waals surface area contributed by atoms with Gasteiger partial charge in [0, 0.05) is 25.6 Å². The van der Waals surface area contributed by atoms with E-state index < -0.39 is 5.60 Å². The second-order valence-corrected chi connectivity index (χ2v) is 5.66. The standard InChI is InChI=1S/C13H23NO2/c1-6-16-13(4)10-8(2)7-9(3)11(10)14(5)12(13)15/h8-11H,6-7H2,1-5H3. The van der Waals surface area contributed by atoms with Crippen molar-refractivity contribution in [2.24, 2.45) is 17.8 Å². The second-order valence-electron chi connectivity index (χ2n) is 5.66. The molecule has 0 aromatic carbocycles. The van der Waals surface area contributed by atoms with Crippen LogP contribution in [0.15, 0.2) is 0 Å². The van der Waals surface area contributed by atoms with E-state index >= 15 is 0 Å². The van der Waals surface area contributed by atoms with Crippen molar-refractivity contribution in [3.05, 3.63) is 0 Å². The molecule has 0 aromatic rings. The number of amides is 1. The molecule has 5 unspecified atom stereocenters. The SMILES string of the molecule is CCOC1(C)C(=O)N(C)C2C(C)CC(C)C21. The number of carbonyl (C=O) groups is 1. The van der Waals surface area contributed by atoms with Crippen LogP contribution >= 0.6 is 0 Å². The third-order valence-corrected chi connectivity index (χ3v) is 4.58. The Labute approximate surface area is 98.1 Å². The maximum atomic E-state index is 12.3. The van der Waals surface area contributed by atoms with Gasteiger partial charge in [0.05, 0.1) is 0 Å². The number of likely N-dealkylation sites (tertiary alicyclic amines) is 1. The predicted molar refractivity (Wildman–Crippen MR) is 63.0 cm³/mol. The molecule has 0 aromatic heterocycles. The monoisotopic (exact) mass is 225 g/mol. The molecule has 0 N–H and O–H groups in total. The highest BCUT2D eigenvalue weighted by atomic mass is 16.5. The molecule has 1 saturated heterocycles. The molecule has 1 saturated carbocycles. The third kappa shape index (κ3) is 1.33. The average molecular weight is 225 g/mol. The average Bonchev–Trinajstić information content (AvgIpc) is 2.60. The number of ether oxygens (including phenoxy) is 1. The summed E-state index contributed by atoms with van der Waals surface area (Å²) in [5.74, 6) is 1.70. The minimum absolute atomic E-state index is 0.169. The van der Waals surface area contributed by atoms with Gasteiger partial charge in [-0.05, 0) is 32.1 Å². The Bertz CT molecular complexity index is 304. The Morgan fingerprint density at radius 1 is 1.44 bits per heavy atom. The molecule has 16 heavy (non-hydrogen) atoms. The molecule has 92 valence electrons. The minimum Gasteiger partial charge on any atom is -0.365 e. The van der Waals surface area contributed by atoms with Crippen LogP contribution in [0.25, 0.3) is 0 Å². The number of likely N-dealkylation sites (N-methyl/N-ethyl adjacent to an activating group) is 1. The van der Waals surface area contributed by atoms with Gasteiger partial charge in [0.15, 0.2) is 0 Å². The summed E-state index contributed by atoms with van der Waals surface area (Å²) in [4.78, 5) is 14.2. The maximum Gasteiger partial charge on any atom is 0.254 e. The van der Waals surface area contributed by atoms with Crippen LogP contribution in [0.2, 0.25) is 0 Å². The van der Waals surface area contributed by atoms with Crippen LogP contribution in [-0.2, 0) is 9.53 Å². The zero-order valence-corrected chi connectivity index (χ0v) is 11.0. The predicted octanol–water partition coefficient (Wildman–Crippen LogP) is 1.91. The summed E-state index contributed by atoms with van der Waals surface area (Å²) in [6.07, 6.45) is 1.20. The van der Waals surface area contributed by atoms with Crippen molar-refractivity contribution >= 4 is 5.91 Å². The first-order valence-corrected chi connectivity index (χ1v) is 6.34. The van der Waals surface area contributed by atoms with Crippen molar-refractivity contribution in [3.8, 4) is 0 Å². The van der Waals surface area contributed by atoms with Crippen LogP contribution in [0.4, 0.5) is 0 Å². The van der Waals surface area contributed by atoms with Crippen LogP contribution in [0.3, 0.4) is 0 Å². The van der Waals surface area contributed by atoms with Gasteiger partial charge in [-0.25, -0.2) is 0 Å². The van der Waals surface area contributed by atoms with Crippen LogP contribution < -0.4 is 0 Å². The van der Waals surface area contributed by atoms with E-state index in [1.165, 1.54) is 6.42 Å². The Hall–Kier alpha value is -0.570. The minimum atomic E-state index is -0.585. The molecule has 0 radical (unpaired) electrons. The van der Waals surface area contributed by atoms with Crippen LogP contribution in [-0.4, -0.2) is 36.1 Å². The van der Waals surface area contributed by atoms with E-state index in [-0.39, 0.29) is 5.91 Å². The Kier molecular flexibility index (Phi) is 2.77. The van der Waals surface area contributed by atoms with Crippen molar-refractivity contribution in [2.75, 3.05) is 13.7 Å². The number of nitrogens with zero attached hydrogens (tertiary/aromatic N) is 1. The summed E-state index contributed by atoms with van der Waals surface area (Å²) in [7, 11) is 1.93. The number of fused-ring (bicyclic) bond motifs is 1. The Morgan fingerprint density at radius 2 is 2.06 bits per heavy atom. The molecule has 0 bridgehead atoms. The summed E-state index contributed by atoms with van der Waals surface area (Å²) in [5.41, 5.74) is -0.585. The lowest BCUT2D eigenvalue weighted by molar-refractivity contribution is -0.150. The van der Waals surface area contributed by atoms with Crippen molar-refractivity contribution in [3.63, 3.8) is 0 Å². The van der Waals surface area contributed by atoms with E-state index in [2.05, 4.69) is 13.8 Å². The van der Waals surface area contributed by atoms with Gasteiger partial charge in [0.1, 0.15) is 5.60 Å². The first-order chi connectivity index (χ1) is 7.43. The highest BCUT2D eigenvalue weighted by molar-refractivity contribution is 5.88. The summed E-state index contributed by atoms with van der Waals surface area (Å²) < 4.78 is 5.81. The van der Waals surface area contributed by atoms with Gasteiger partial charge in [-0.3, -0.25) is 4.79 Å². The van der Waals surface area contributed by atoms with Crippen LogP contribution in [0.1, 0.15) is 34.1 Å². The normalized spacial score (nSPS) is 47.6. The van der Waals surface area contributed by atoms with E-state index in [4.69, 9.17) is 4.74 Å². The molecule has 0 spiro atoms. The second kappa shape index (κ2) is 3.73. The Morgan fingerprint density at radius 3 is 2.62 bits per heavy atom. The zero-order chi connectivity index (χ0) is 12.1. The van der Waals surface area contributed by atoms with E-state index in [0.717, 1.165) is 0 Å². The number of hydrogen-bond donors (Lipinski definition) is 0. The third-order valence-electron chi connectivity index (χ3n) is 4.58. The van der Waals surface area contributed by atoms with Gasteiger partial charge < -0.3 is 9.64 Å². The van der Waals surface area contributed by atoms with Crippen molar-refractivity contribution < 1.29 is 9.53 Å². The molecule has 2 fully saturated rings. The van der Waals surface area contributed by atoms with E-state index in [1.54, 1.807) is 0 Å². The largest absolute Gasteiger partial charge is 0.365 e. The van der Waals surface area contributed by atoms with E-state index in [1.807, 2.05) is 25.8 Å². The molecule has 1 aliphatic heterocycles. The van der Waals surface area contributed by atoms with Crippen molar-refractivity contribution in [2.45, 2.75) is 45.8 Å². The highest BCUT2D eigenvalue weighted by Gasteiger charge is 2.61. The molecular formula is C13H23NO2. The van der Waals surface area contributed by atoms with Crippen molar-refractivity contribution in [1.29, 1.82) is 0 Å². The van der Waals surface area contributed by atoms with Gasteiger partial charge in [0.25, 0.3) is 5.91 Å². The first kappa shape index (κ1) is 11.9. The first-order valence-electron chi connectivity index (χ1n) is 6.34. The lowest BCUT2D eigenvalue weighted by atomic mass is 9.82. The van der Waals surface area contributed by atoms with Crippen molar-refractivity contribution in [1.82, 2.24) is 4.90 Å². The summed E-state index contributed by atoms with van der Waals surface area (Å²) in [6.45, 7) is 9.07. The van der Waals surface area contributed by atoms with Gasteiger partial charge in [0.2, 0.25) is 0 Å². The lowest BCUT2D eigenvalue weighted by Crippen LogP contribution is -2.44. The summed E-state index contributed by atoms with van der Waals surface area (Å²) in [5, 5.41) is 0. The van der Waals surface area contributed by atoms with Gasteiger partial charge in [-0.15, -0.1) is 0 Å². The summed E-state index contributed by atoms with van der Waals surface area (Å²) in [6, 6.07) is 0.374. The molecule has 1 aliphatic carbocycles. The number of rotatable bonds is 2. The molecule has 5 atom stereocenters. The molecule has 2 aliphatic rings. The molecule has 1 amide bonds. The number of carbonyl (C=O) groups excluding carboxylic acids is 1. The molecular weight excluding hydrogens is 202 g/mol. The molecule has 2 rings (SSSR count). The lowest BCUT2D eigenvalue weighted by Gasteiger charge is -2.30. The van der Waals surface area contributed by atoms with Gasteiger partial charge in [-0.2, -0.15) is 0 Å². The Balaban J connectivity index is 2.37. The molecule has 3 heteroatoms. The topological polar surface area (TPSA) is 29.5 Å². The van der Waals surface area contributed by atoms with Crippen LogP contribution in [0.5, 0.6) is 0 Å². The fraction of sp³-hybridized carbons (Fsp3) is 0.923. The number of hydrogen-bond acceptors (Lipinski definition) is 2. The summed E-state index contributed by atoms with van der Waals surface area (Å²) >= 11 is 0. The van der Waals surface area contributed by atoms with Crippen LogP contribution in [0, 0.1) is 17.8 Å². The fourth-order valence-electron chi connectivity index (χ4n) is 4.14. The van der Waals surface area contributed by atoms with Gasteiger partial charge >= 0.3 is 0 Å². The highest BCUT2D eigenvalue weighted by Crippen LogP contribution is 2.51. The fourth-order valence-corrected chi connectivity index (χ4v) is 4.14. The maximum absolute atomic E-state index is 12.3. The molecule has 3 nitrogen and oxygen atoms in total.